The van der Waals surface area contributed by atoms with Crippen LogP contribution in [0.5, 0.6) is 0 Å². The van der Waals surface area contributed by atoms with E-state index in [4.69, 9.17) is 10.5 Å². The number of unbranched alkanes of at least 4 members (excludes halogenated alkanes) is 1. The van der Waals surface area contributed by atoms with Crippen molar-refractivity contribution in [3.05, 3.63) is 24.3 Å². The lowest BCUT2D eigenvalue weighted by molar-refractivity contribution is 0.124. The minimum absolute atomic E-state index is 0.118. The van der Waals surface area contributed by atoms with Crippen LogP contribution < -0.4 is 5.73 Å². The molecule has 0 fully saturated rings. The van der Waals surface area contributed by atoms with E-state index in [9.17, 15) is 0 Å². The lowest BCUT2D eigenvalue weighted by Crippen LogP contribution is -2.16. The van der Waals surface area contributed by atoms with Crippen molar-refractivity contribution in [1.82, 2.24) is 9.97 Å². The third-order valence-corrected chi connectivity index (χ3v) is 2.13. The van der Waals surface area contributed by atoms with Crippen molar-refractivity contribution in [3.63, 3.8) is 0 Å². The highest BCUT2D eigenvalue weighted by molar-refractivity contribution is 4.94. The summed E-state index contributed by atoms with van der Waals surface area (Å²) in [4.78, 5) is 8.20. The van der Waals surface area contributed by atoms with Gasteiger partial charge in [-0.25, -0.2) is 9.97 Å². The van der Waals surface area contributed by atoms with E-state index in [1.807, 2.05) is 0 Å². The van der Waals surface area contributed by atoms with Crippen LogP contribution in [0.2, 0.25) is 0 Å². The second kappa shape index (κ2) is 7.31. The third kappa shape index (κ3) is 4.85. The molecule has 1 unspecified atom stereocenters. The fraction of sp³-hybridized carbons (Fsp3) is 0.636. The van der Waals surface area contributed by atoms with Gasteiger partial charge in [-0.3, -0.25) is 0 Å². The van der Waals surface area contributed by atoms with Crippen molar-refractivity contribution in [3.8, 4) is 0 Å². The van der Waals surface area contributed by atoms with Crippen LogP contribution in [0.25, 0.3) is 0 Å². The molecule has 0 saturated carbocycles. The molecule has 0 aliphatic carbocycles. The third-order valence-electron chi connectivity index (χ3n) is 2.13. The topological polar surface area (TPSA) is 61.0 Å². The maximum Gasteiger partial charge on any atom is 0.144 e. The van der Waals surface area contributed by atoms with Gasteiger partial charge < -0.3 is 10.5 Å². The van der Waals surface area contributed by atoms with E-state index in [0.717, 1.165) is 25.9 Å². The number of nitrogens with two attached hydrogens (primary N) is 1. The first-order chi connectivity index (χ1) is 7.34. The second-order valence-corrected chi connectivity index (χ2v) is 3.47. The predicted molar refractivity (Wildman–Crippen MR) is 59.3 cm³/mol. The molecule has 4 heteroatoms. The zero-order valence-corrected chi connectivity index (χ0v) is 9.22. The van der Waals surface area contributed by atoms with Gasteiger partial charge in [0.05, 0.1) is 6.04 Å². The van der Waals surface area contributed by atoms with E-state index in [-0.39, 0.29) is 6.04 Å². The Balaban J connectivity index is 2.16. The maximum absolute atomic E-state index is 5.90. The Bertz CT molecular complexity index is 253. The highest BCUT2D eigenvalue weighted by Crippen LogP contribution is 2.07. The van der Waals surface area contributed by atoms with Crippen molar-refractivity contribution in [2.45, 2.75) is 32.2 Å². The molecule has 0 aromatic carbocycles. The Hall–Kier alpha value is -1.00. The molecule has 15 heavy (non-hydrogen) atoms. The molecule has 0 amide bonds. The zero-order valence-electron chi connectivity index (χ0n) is 9.22. The number of aromatic nitrogens is 2. The van der Waals surface area contributed by atoms with Crippen molar-refractivity contribution in [2.75, 3.05) is 13.2 Å². The summed E-state index contributed by atoms with van der Waals surface area (Å²) < 4.78 is 5.43. The first-order valence-electron chi connectivity index (χ1n) is 5.44. The van der Waals surface area contributed by atoms with Crippen LogP contribution in [-0.4, -0.2) is 23.2 Å². The standard InChI is InChI=1S/C11H19N3O/c1-2-3-8-15-9-5-10(12)11-13-6-4-7-14-11/h4,6-7,10H,2-3,5,8-9,12H2,1H3. The summed E-state index contributed by atoms with van der Waals surface area (Å²) in [5, 5.41) is 0. The average Bonchev–Trinajstić information content (AvgIpc) is 2.30. The normalized spacial score (nSPS) is 12.7. The van der Waals surface area contributed by atoms with Crippen molar-refractivity contribution in [2.24, 2.45) is 5.73 Å². The van der Waals surface area contributed by atoms with Gasteiger partial charge in [0, 0.05) is 25.6 Å². The van der Waals surface area contributed by atoms with Gasteiger partial charge in [0.1, 0.15) is 5.82 Å². The Morgan fingerprint density at radius 3 is 2.73 bits per heavy atom. The van der Waals surface area contributed by atoms with Gasteiger partial charge in [-0.15, -0.1) is 0 Å². The molecule has 0 radical (unpaired) electrons. The smallest absolute Gasteiger partial charge is 0.144 e. The molecule has 0 aliphatic rings. The molecule has 0 aliphatic heterocycles. The molecular weight excluding hydrogens is 190 g/mol. The SMILES string of the molecule is CCCCOCCC(N)c1ncccn1. The summed E-state index contributed by atoms with van der Waals surface area (Å²) in [6.07, 6.45) is 6.46. The van der Waals surface area contributed by atoms with Crippen LogP contribution in [0.3, 0.4) is 0 Å². The molecule has 4 nitrogen and oxygen atoms in total. The summed E-state index contributed by atoms with van der Waals surface area (Å²) in [7, 11) is 0. The van der Waals surface area contributed by atoms with E-state index < -0.39 is 0 Å². The zero-order chi connectivity index (χ0) is 10.9. The number of hydrogen-bond donors (Lipinski definition) is 1. The molecule has 1 aromatic rings. The second-order valence-electron chi connectivity index (χ2n) is 3.47. The van der Waals surface area contributed by atoms with Gasteiger partial charge in [-0.05, 0) is 18.9 Å². The van der Waals surface area contributed by atoms with Gasteiger partial charge in [-0.1, -0.05) is 13.3 Å². The molecule has 0 bridgehead atoms. The molecule has 0 spiro atoms. The Morgan fingerprint density at radius 1 is 1.33 bits per heavy atom. The highest BCUT2D eigenvalue weighted by Gasteiger charge is 2.07. The lowest BCUT2D eigenvalue weighted by atomic mass is 10.2. The van der Waals surface area contributed by atoms with Crippen LogP contribution in [0.1, 0.15) is 38.1 Å². The van der Waals surface area contributed by atoms with E-state index in [0.29, 0.717) is 12.4 Å². The molecular formula is C11H19N3O. The monoisotopic (exact) mass is 209 g/mol. The summed E-state index contributed by atoms with van der Waals surface area (Å²) in [6, 6.07) is 1.67. The van der Waals surface area contributed by atoms with Gasteiger partial charge in [0.15, 0.2) is 0 Å². The predicted octanol–water partition coefficient (Wildman–Crippen LogP) is 1.68. The minimum Gasteiger partial charge on any atom is -0.381 e. The quantitative estimate of drug-likeness (QED) is 0.694. The van der Waals surface area contributed by atoms with Gasteiger partial charge in [0.25, 0.3) is 0 Å². The van der Waals surface area contributed by atoms with Gasteiger partial charge >= 0.3 is 0 Å². The first kappa shape index (κ1) is 12.1. The van der Waals surface area contributed by atoms with Crippen LogP contribution in [0.4, 0.5) is 0 Å². The van der Waals surface area contributed by atoms with E-state index in [2.05, 4.69) is 16.9 Å². The summed E-state index contributed by atoms with van der Waals surface area (Å²) >= 11 is 0. The lowest BCUT2D eigenvalue weighted by Gasteiger charge is -2.09. The van der Waals surface area contributed by atoms with Crippen molar-refractivity contribution in [1.29, 1.82) is 0 Å². The fourth-order valence-corrected chi connectivity index (χ4v) is 1.19. The van der Waals surface area contributed by atoms with Gasteiger partial charge in [0.2, 0.25) is 0 Å². The fourth-order valence-electron chi connectivity index (χ4n) is 1.19. The van der Waals surface area contributed by atoms with Crippen molar-refractivity contribution < 1.29 is 4.74 Å². The van der Waals surface area contributed by atoms with E-state index in [1.165, 1.54) is 0 Å². The first-order valence-corrected chi connectivity index (χ1v) is 5.44. The minimum atomic E-state index is -0.118. The molecule has 0 saturated heterocycles. The van der Waals surface area contributed by atoms with Crippen LogP contribution in [0.15, 0.2) is 18.5 Å². The molecule has 1 aromatic heterocycles. The summed E-state index contributed by atoms with van der Waals surface area (Å²) in [6.45, 7) is 3.64. The molecule has 84 valence electrons. The van der Waals surface area contributed by atoms with Crippen LogP contribution in [-0.2, 0) is 4.74 Å². The molecule has 1 heterocycles. The molecule has 2 N–H and O–H groups in total. The largest absolute Gasteiger partial charge is 0.381 e. The maximum atomic E-state index is 5.90. The molecule has 1 atom stereocenters. The Labute approximate surface area is 90.9 Å². The molecule has 1 rings (SSSR count). The number of nitrogens with zero attached hydrogens (tertiary/aromatic N) is 2. The Kier molecular flexibility index (Phi) is 5.88. The number of hydrogen-bond acceptors (Lipinski definition) is 4. The van der Waals surface area contributed by atoms with Gasteiger partial charge in [-0.2, -0.15) is 0 Å². The van der Waals surface area contributed by atoms with Crippen LogP contribution >= 0.6 is 0 Å². The average molecular weight is 209 g/mol. The van der Waals surface area contributed by atoms with Crippen molar-refractivity contribution >= 4 is 0 Å². The van der Waals surface area contributed by atoms with Crippen LogP contribution in [0, 0.1) is 0 Å². The highest BCUT2D eigenvalue weighted by atomic mass is 16.5. The Morgan fingerprint density at radius 2 is 2.07 bits per heavy atom. The summed E-state index contributed by atoms with van der Waals surface area (Å²) in [5.41, 5.74) is 5.90. The number of rotatable bonds is 7. The summed E-state index contributed by atoms with van der Waals surface area (Å²) in [5.74, 6) is 0.691. The van der Waals surface area contributed by atoms with E-state index >= 15 is 0 Å². The van der Waals surface area contributed by atoms with E-state index in [1.54, 1.807) is 18.5 Å². The number of ether oxygens (including phenoxy) is 1.